The van der Waals surface area contributed by atoms with Gasteiger partial charge in [-0.15, -0.1) is 0 Å². The van der Waals surface area contributed by atoms with Gasteiger partial charge in [-0.05, 0) is 30.5 Å². The number of carbonyl (C=O) groups is 1. The maximum Gasteiger partial charge on any atom is 0.344 e. The molecule has 2 N–H and O–H groups in total. The Morgan fingerprint density at radius 1 is 1.28 bits per heavy atom. The minimum atomic E-state index is -0.950. The Balaban J connectivity index is 2.70. The van der Waals surface area contributed by atoms with Gasteiger partial charge in [-0.3, -0.25) is 0 Å². The number of carboxylic acids is 1. The van der Waals surface area contributed by atoms with Gasteiger partial charge in [0.05, 0.1) is 6.10 Å². The Kier molecular flexibility index (Phi) is 5.65. The minimum Gasteiger partial charge on any atom is -0.479 e. The number of carboxylic acid groups (broad SMARTS) is 1. The fourth-order valence-corrected chi connectivity index (χ4v) is 1.66. The van der Waals surface area contributed by atoms with Crippen molar-refractivity contribution < 1.29 is 19.7 Å². The van der Waals surface area contributed by atoms with Gasteiger partial charge in [0, 0.05) is 0 Å². The summed E-state index contributed by atoms with van der Waals surface area (Å²) in [5.74, 6) is -0.433. The van der Waals surface area contributed by atoms with Crippen molar-refractivity contribution in [2.45, 2.75) is 45.3 Å². The van der Waals surface area contributed by atoms with Crippen LogP contribution >= 0.6 is 0 Å². The summed E-state index contributed by atoms with van der Waals surface area (Å²) in [6, 6.07) is 6.91. The third-order valence-corrected chi connectivity index (χ3v) is 2.76. The van der Waals surface area contributed by atoms with Crippen molar-refractivity contribution in [1.29, 1.82) is 0 Å². The molecule has 2 atom stereocenters. The SMILES string of the molecule is CCCC(Oc1ccc([C@H](O)CC)cc1)C(=O)O. The smallest absolute Gasteiger partial charge is 0.344 e. The van der Waals surface area contributed by atoms with E-state index in [2.05, 4.69) is 0 Å². The Labute approximate surface area is 107 Å². The molecule has 0 fully saturated rings. The first-order valence-corrected chi connectivity index (χ1v) is 6.26. The zero-order valence-corrected chi connectivity index (χ0v) is 10.8. The molecule has 1 aromatic carbocycles. The third-order valence-electron chi connectivity index (χ3n) is 2.76. The maximum absolute atomic E-state index is 11.0. The van der Waals surface area contributed by atoms with Crippen LogP contribution < -0.4 is 4.74 Å². The van der Waals surface area contributed by atoms with Crippen LogP contribution in [-0.2, 0) is 4.79 Å². The molecule has 4 nitrogen and oxygen atoms in total. The monoisotopic (exact) mass is 252 g/mol. The summed E-state index contributed by atoms with van der Waals surface area (Å²) >= 11 is 0. The summed E-state index contributed by atoms with van der Waals surface area (Å²) in [5.41, 5.74) is 0.812. The number of ether oxygens (including phenoxy) is 1. The molecule has 0 amide bonds. The van der Waals surface area contributed by atoms with Crippen LogP contribution in [0.4, 0.5) is 0 Å². The van der Waals surface area contributed by atoms with Crippen molar-refractivity contribution in [3.63, 3.8) is 0 Å². The summed E-state index contributed by atoms with van der Waals surface area (Å²) in [6.07, 6.45) is 0.591. The van der Waals surface area contributed by atoms with Gasteiger partial charge in [0.2, 0.25) is 0 Å². The number of hydrogen-bond acceptors (Lipinski definition) is 3. The second-order valence-corrected chi connectivity index (χ2v) is 4.23. The van der Waals surface area contributed by atoms with Gasteiger partial charge < -0.3 is 14.9 Å². The van der Waals surface area contributed by atoms with E-state index in [9.17, 15) is 9.90 Å². The predicted molar refractivity (Wildman–Crippen MR) is 68.7 cm³/mol. The average molecular weight is 252 g/mol. The van der Waals surface area contributed by atoms with Crippen LogP contribution in [0.25, 0.3) is 0 Å². The largest absolute Gasteiger partial charge is 0.479 e. The molecule has 0 aliphatic rings. The van der Waals surface area contributed by atoms with Crippen molar-refractivity contribution in [2.75, 3.05) is 0 Å². The zero-order valence-electron chi connectivity index (χ0n) is 10.8. The first-order chi connectivity index (χ1) is 8.58. The molecule has 100 valence electrons. The van der Waals surface area contributed by atoms with E-state index in [1.54, 1.807) is 24.3 Å². The Hall–Kier alpha value is -1.55. The first kappa shape index (κ1) is 14.5. The molecular formula is C14H20O4. The molecule has 0 radical (unpaired) electrons. The zero-order chi connectivity index (χ0) is 13.5. The number of rotatable bonds is 7. The summed E-state index contributed by atoms with van der Waals surface area (Å²) < 4.78 is 5.40. The van der Waals surface area contributed by atoms with Crippen LogP contribution in [0.2, 0.25) is 0 Å². The lowest BCUT2D eigenvalue weighted by Gasteiger charge is -2.15. The molecule has 0 aliphatic carbocycles. The number of benzene rings is 1. The molecule has 1 unspecified atom stereocenters. The standard InChI is InChI=1S/C14H20O4/c1-3-5-13(14(16)17)18-11-8-6-10(7-9-11)12(15)4-2/h6-9,12-13,15H,3-5H2,1-2H3,(H,16,17)/t12-,13?/m1/s1. The summed E-state index contributed by atoms with van der Waals surface area (Å²) in [4.78, 5) is 11.0. The summed E-state index contributed by atoms with van der Waals surface area (Å²) in [7, 11) is 0. The van der Waals surface area contributed by atoms with Gasteiger partial charge in [-0.25, -0.2) is 4.79 Å². The summed E-state index contributed by atoms with van der Waals surface area (Å²) in [5, 5.41) is 18.6. The topological polar surface area (TPSA) is 66.8 Å². The highest BCUT2D eigenvalue weighted by atomic mass is 16.5. The Morgan fingerprint density at radius 2 is 1.89 bits per heavy atom. The molecule has 1 aromatic rings. The van der Waals surface area contributed by atoms with Gasteiger partial charge in [-0.1, -0.05) is 32.4 Å². The van der Waals surface area contributed by atoms with E-state index in [-0.39, 0.29) is 0 Å². The van der Waals surface area contributed by atoms with Crippen molar-refractivity contribution >= 4 is 5.97 Å². The Morgan fingerprint density at radius 3 is 2.33 bits per heavy atom. The number of hydrogen-bond donors (Lipinski definition) is 2. The molecule has 0 saturated heterocycles. The minimum absolute atomic E-state index is 0.481. The van der Waals surface area contributed by atoms with Gasteiger partial charge in [0.25, 0.3) is 0 Å². The molecular weight excluding hydrogens is 232 g/mol. The van der Waals surface area contributed by atoms with E-state index in [4.69, 9.17) is 9.84 Å². The van der Waals surface area contributed by atoms with Crippen LogP contribution in [0.1, 0.15) is 44.8 Å². The average Bonchev–Trinajstić information content (AvgIpc) is 2.38. The van der Waals surface area contributed by atoms with Crippen molar-refractivity contribution in [1.82, 2.24) is 0 Å². The highest BCUT2D eigenvalue weighted by Gasteiger charge is 2.18. The van der Waals surface area contributed by atoms with Gasteiger partial charge in [0.1, 0.15) is 5.75 Å². The predicted octanol–water partition coefficient (Wildman–Crippen LogP) is 2.76. The number of aliphatic hydroxyl groups excluding tert-OH is 1. The highest BCUT2D eigenvalue weighted by molar-refractivity contribution is 5.72. The van der Waals surface area contributed by atoms with Gasteiger partial charge in [-0.2, -0.15) is 0 Å². The maximum atomic E-state index is 11.0. The van der Waals surface area contributed by atoms with Crippen molar-refractivity contribution in [2.24, 2.45) is 0 Å². The molecule has 0 spiro atoms. The second kappa shape index (κ2) is 7.01. The molecule has 4 heteroatoms. The van der Waals surface area contributed by atoms with E-state index >= 15 is 0 Å². The lowest BCUT2D eigenvalue weighted by molar-refractivity contribution is -0.145. The van der Waals surface area contributed by atoms with Gasteiger partial charge in [0.15, 0.2) is 6.10 Å². The van der Waals surface area contributed by atoms with Crippen molar-refractivity contribution in [3.05, 3.63) is 29.8 Å². The molecule has 18 heavy (non-hydrogen) atoms. The van der Waals surface area contributed by atoms with E-state index in [0.29, 0.717) is 18.6 Å². The second-order valence-electron chi connectivity index (χ2n) is 4.23. The molecule has 0 bridgehead atoms. The lowest BCUT2D eigenvalue weighted by Crippen LogP contribution is -2.26. The van der Waals surface area contributed by atoms with E-state index < -0.39 is 18.2 Å². The van der Waals surface area contributed by atoms with Crippen LogP contribution in [0.5, 0.6) is 5.75 Å². The Bertz CT molecular complexity index is 372. The van der Waals surface area contributed by atoms with E-state index in [1.165, 1.54) is 0 Å². The van der Waals surface area contributed by atoms with Crippen LogP contribution in [0.3, 0.4) is 0 Å². The van der Waals surface area contributed by atoms with Crippen LogP contribution in [0, 0.1) is 0 Å². The fraction of sp³-hybridized carbons (Fsp3) is 0.500. The van der Waals surface area contributed by atoms with E-state index in [0.717, 1.165) is 12.0 Å². The molecule has 0 saturated carbocycles. The van der Waals surface area contributed by atoms with Gasteiger partial charge >= 0.3 is 5.97 Å². The third kappa shape index (κ3) is 4.04. The van der Waals surface area contributed by atoms with Crippen molar-refractivity contribution in [3.8, 4) is 5.75 Å². The number of aliphatic hydroxyl groups is 1. The molecule has 0 aromatic heterocycles. The molecule has 0 heterocycles. The fourth-order valence-electron chi connectivity index (χ4n) is 1.66. The van der Waals surface area contributed by atoms with Crippen LogP contribution in [-0.4, -0.2) is 22.3 Å². The first-order valence-electron chi connectivity index (χ1n) is 6.26. The lowest BCUT2D eigenvalue weighted by atomic mass is 10.1. The molecule has 1 rings (SSSR count). The highest BCUT2D eigenvalue weighted by Crippen LogP contribution is 2.21. The summed E-state index contributed by atoms with van der Waals surface area (Å²) in [6.45, 7) is 3.82. The number of aliphatic carboxylic acids is 1. The van der Waals surface area contributed by atoms with Crippen LogP contribution in [0.15, 0.2) is 24.3 Å². The molecule has 0 aliphatic heterocycles. The van der Waals surface area contributed by atoms with E-state index in [1.807, 2.05) is 13.8 Å². The normalized spacial score (nSPS) is 13.9. The quantitative estimate of drug-likeness (QED) is 0.783.